The molecule has 0 aliphatic rings. The lowest BCUT2D eigenvalue weighted by Crippen LogP contribution is -1.87. The quantitative estimate of drug-likeness (QED) is 0.543. The number of pyridine rings is 2. The van der Waals surface area contributed by atoms with Gasteiger partial charge in [0.15, 0.2) is 0 Å². The second-order valence-electron chi connectivity index (χ2n) is 2.63. The molecular weight excluding hydrogens is 263 g/mol. The van der Waals surface area contributed by atoms with E-state index in [0.717, 1.165) is 14.7 Å². The second kappa shape index (κ2) is 2.97. The van der Waals surface area contributed by atoms with Crippen LogP contribution in [0.3, 0.4) is 0 Å². The van der Waals surface area contributed by atoms with Gasteiger partial charge in [-0.15, -0.1) is 0 Å². The van der Waals surface area contributed by atoms with Crippen LogP contribution in [-0.2, 0) is 0 Å². The van der Waals surface area contributed by atoms with E-state index in [1.54, 1.807) is 0 Å². The van der Waals surface area contributed by atoms with Crippen LogP contribution in [0.25, 0.3) is 11.0 Å². The first kappa shape index (κ1) is 7.91. The summed E-state index contributed by atoms with van der Waals surface area (Å²) in [7, 11) is 0. The predicted octanol–water partition coefficient (Wildman–Crippen LogP) is 2.54. The summed E-state index contributed by atoms with van der Waals surface area (Å²) in [5, 5.41) is 0. The number of rotatable bonds is 0. The van der Waals surface area contributed by atoms with Gasteiger partial charge in [-0.1, -0.05) is 0 Å². The third-order valence-electron chi connectivity index (χ3n) is 1.75. The number of nitrogens with zero attached hydrogens (tertiary/aromatic N) is 2. The maximum atomic E-state index is 4.40. The van der Waals surface area contributed by atoms with Crippen LogP contribution < -0.4 is 0 Å². The number of hydrogen-bond acceptors (Lipinski definition) is 2. The Morgan fingerprint density at radius 2 is 2.08 bits per heavy atom. The molecule has 0 atom stereocenters. The Kier molecular flexibility index (Phi) is 1.96. The van der Waals surface area contributed by atoms with Crippen molar-refractivity contribution in [3.8, 4) is 0 Å². The van der Waals surface area contributed by atoms with Gasteiger partial charge in [0.05, 0.1) is 11.0 Å². The molecule has 0 amide bonds. The molecule has 0 N–H and O–H groups in total. The van der Waals surface area contributed by atoms with Crippen molar-refractivity contribution in [2.24, 2.45) is 0 Å². The van der Waals surface area contributed by atoms with Crippen LogP contribution in [-0.4, -0.2) is 9.97 Å². The lowest BCUT2D eigenvalue weighted by atomic mass is 10.2. The third-order valence-corrected chi connectivity index (χ3v) is 2.35. The van der Waals surface area contributed by atoms with Crippen LogP contribution in [0.15, 0.2) is 24.4 Å². The summed E-state index contributed by atoms with van der Waals surface area (Å²) in [6.07, 6.45) is 1.81. The Labute approximate surface area is 84.2 Å². The van der Waals surface area contributed by atoms with Crippen molar-refractivity contribution in [2.45, 2.75) is 6.92 Å². The van der Waals surface area contributed by atoms with Crippen molar-refractivity contribution in [1.82, 2.24) is 9.97 Å². The number of aryl methyl sites for hydroxylation is 1. The SMILES string of the molecule is Cc1ccnc2ccc(I)nc12. The molecule has 0 fully saturated rings. The van der Waals surface area contributed by atoms with Crippen molar-refractivity contribution in [3.63, 3.8) is 0 Å². The molecule has 2 heterocycles. The normalized spacial score (nSPS) is 10.5. The molecule has 0 saturated carbocycles. The smallest absolute Gasteiger partial charge is 0.102 e. The van der Waals surface area contributed by atoms with E-state index in [1.807, 2.05) is 31.3 Å². The highest BCUT2D eigenvalue weighted by molar-refractivity contribution is 14.1. The maximum absolute atomic E-state index is 4.40. The van der Waals surface area contributed by atoms with Crippen LogP contribution in [0.4, 0.5) is 0 Å². The molecule has 0 aromatic carbocycles. The number of hydrogen-bond donors (Lipinski definition) is 0. The Morgan fingerprint density at radius 1 is 1.25 bits per heavy atom. The molecule has 0 aliphatic heterocycles. The first-order chi connectivity index (χ1) is 5.77. The summed E-state index contributed by atoms with van der Waals surface area (Å²) in [5.74, 6) is 0. The maximum Gasteiger partial charge on any atom is 0.102 e. The molecule has 0 saturated heterocycles. The molecule has 2 rings (SSSR count). The summed E-state index contributed by atoms with van der Waals surface area (Å²) < 4.78 is 1.01. The van der Waals surface area contributed by atoms with E-state index in [-0.39, 0.29) is 0 Å². The number of halogens is 1. The highest BCUT2D eigenvalue weighted by atomic mass is 127. The summed E-state index contributed by atoms with van der Waals surface area (Å²) in [4.78, 5) is 8.62. The first-order valence-corrected chi connectivity index (χ1v) is 4.73. The van der Waals surface area contributed by atoms with Gasteiger partial charge in [0.2, 0.25) is 0 Å². The van der Waals surface area contributed by atoms with Crippen molar-refractivity contribution >= 4 is 33.6 Å². The highest BCUT2D eigenvalue weighted by Crippen LogP contribution is 2.14. The standard InChI is InChI=1S/C9H7IN2/c1-6-4-5-11-7-2-3-8(10)12-9(6)7/h2-5H,1H3. The van der Waals surface area contributed by atoms with E-state index in [2.05, 4.69) is 32.6 Å². The fourth-order valence-corrected chi connectivity index (χ4v) is 1.55. The Bertz CT molecular complexity index is 426. The van der Waals surface area contributed by atoms with Crippen LogP contribution in [0.1, 0.15) is 5.56 Å². The largest absolute Gasteiger partial charge is 0.255 e. The topological polar surface area (TPSA) is 25.8 Å². The predicted molar refractivity (Wildman–Crippen MR) is 57.0 cm³/mol. The lowest BCUT2D eigenvalue weighted by molar-refractivity contribution is 1.27. The van der Waals surface area contributed by atoms with Crippen molar-refractivity contribution in [1.29, 1.82) is 0 Å². The summed E-state index contributed by atoms with van der Waals surface area (Å²) in [6.45, 7) is 2.05. The van der Waals surface area contributed by atoms with Crippen molar-refractivity contribution < 1.29 is 0 Å². The molecule has 0 unspecified atom stereocenters. The molecule has 0 bridgehead atoms. The minimum Gasteiger partial charge on any atom is -0.255 e. The van der Waals surface area contributed by atoms with Crippen LogP contribution in [0.5, 0.6) is 0 Å². The third kappa shape index (κ3) is 1.29. The van der Waals surface area contributed by atoms with Gasteiger partial charge in [-0.3, -0.25) is 4.98 Å². The summed E-state index contributed by atoms with van der Waals surface area (Å²) in [5.41, 5.74) is 3.15. The van der Waals surface area contributed by atoms with Gasteiger partial charge in [-0.2, -0.15) is 0 Å². The minimum absolute atomic E-state index is 0.968. The Balaban J connectivity index is 2.88. The summed E-state index contributed by atoms with van der Waals surface area (Å²) in [6, 6.07) is 5.94. The molecular formula is C9H7IN2. The first-order valence-electron chi connectivity index (χ1n) is 3.65. The fraction of sp³-hybridized carbons (Fsp3) is 0.111. The van der Waals surface area contributed by atoms with Gasteiger partial charge in [-0.25, -0.2) is 4.98 Å². The van der Waals surface area contributed by atoms with E-state index in [1.165, 1.54) is 5.56 Å². The molecule has 2 nitrogen and oxygen atoms in total. The van der Waals surface area contributed by atoms with Crippen LogP contribution in [0, 0.1) is 10.6 Å². The average molecular weight is 270 g/mol. The number of aromatic nitrogens is 2. The fourth-order valence-electron chi connectivity index (χ4n) is 1.13. The molecule has 60 valence electrons. The molecule has 2 aromatic rings. The van der Waals surface area contributed by atoms with Crippen molar-refractivity contribution in [2.75, 3.05) is 0 Å². The molecule has 12 heavy (non-hydrogen) atoms. The highest BCUT2D eigenvalue weighted by Gasteiger charge is 1.98. The zero-order valence-corrected chi connectivity index (χ0v) is 8.74. The average Bonchev–Trinajstić information content (AvgIpc) is 2.07. The van der Waals surface area contributed by atoms with Gasteiger partial charge >= 0.3 is 0 Å². The number of fused-ring (bicyclic) bond motifs is 1. The summed E-state index contributed by atoms with van der Waals surface area (Å²) >= 11 is 2.21. The Morgan fingerprint density at radius 3 is 2.92 bits per heavy atom. The Hall–Kier alpha value is -0.710. The van der Waals surface area contributed by atoms with E-state index < -0.39 is 0 Å². The molecule has 2 aromatic heterocycles. The second-order valence-corrected chi connectivity index (χ2v) is 3.73. The lowest BCUT2D eigenvalue weighted by Gasteiger charge is -1.99. The van der Waals surface area contributed by atoms with Gasteiger partial charge in [0.25, 0.3) is 0 Å². The zero-order chi connectivity index (χ0) is 8.55. The van der Waals surface area contributed by atoms with Crippen LogP contribution in [0.2, 0.25) is 0 Å². The van der Waals surface area contributed by atoms with E-state index in [4.69, 9.17) is 0 Å². The van der Waals surface area contributed by atoms with E-state index in [0.29, 0.717) is 0 Å². The van der Waals surface area contributed by atoms with Gasteiger partial charge in [0, 0.05) is 6.20 Å². The van der Waals surface area contributed by atoms with E-state index in [9.17, 15) is 0 Å². The zero-order valence-electron chi connectivity index (χ0n) is 6.58. The van der Waals surface area contributed by atoms with E-state index >= 15 is 0 Å². The van der Waals surface area contributed by atoms with Gasteiger partial charge < -0.3 is 0 Å². The van der Waals surface area contributed by atoms with Gasteiger partial charge in [-0.05, 0) is 53.3 Å². The van der Waals surface area contributed by atoms with Crippen LogP contribution >= 0.6 is 22.6 Å². The molecule has 3 heteroatoms. The van der Waals surface area contributed by atoms with Crippen molar-refractivity contribution in [3.05, 3.63) is 33.7 Å². The molecule has 0 spiro atoms. The monoisotopic (exact) mass is 270 g/mol. The minimum atomic E-state index is 0.968. The molecule has 0 aliphatic carbocycles. The van der Waals surface area contributed by atoms with Gasteiger partial charge in [0.1, 0.15) is 3.70 Å². The molecule has 0 radical (unpaired) electrons.